The van der Waals surface area contributed by atoms with Crippen LogP contribution in [-0.4, -0.2) is 27.8 Å². The van der Waals surface area contributed by atoms with E-state index in [1.165, 1.54) is 6.26 Å². The molecule has 2 amide bonds. The molecule has 6 nitrogen and oxygen atoms in total. The fourth-order valence-electron chi connectivity index (χ4n) is 3.38. The second-order valence-corrected chi connectivity index (χ2v) is 6.45. The number of nitrogens with two attached hydrogens (primary N) is 1. The van der Waals surface area contributed by atoms with Crippen molar-refractivity contribution >= 4 is 23.4 Å². The lowest BCUT2D eigenvalue weighted by Crippen LogP contribution is -2.39. The van der Waals surface area contributed by atoms with Crippen molar-refractivity contribution in [2.75, 3.05) is 6.54 Å². The first-order chi connectivity index (χ1) is 12.6. The van der Waals surface area contributed by atoms with Gasteiger partial charge in [0.05, 0.1) is 34.8 Å². The van der Waals surface area contributed by atoms with Crippen LogP contribution >= 0.6 is 11.6 Å². The minimum Gasteiger partial charge on any atom is -0.459 e. The van der Waals surface area contributed by atoms with E-state index >= 15 is 0 Å². The van der Waals surface area contributed by atoms with Crippen LogP contribution in [0.5, 0.6) is 0 Å². The summed E-state index contributed by atoms with van der Waals surface area (Å²) in [5.74, 6) is -0.566. The molecule has 132 valence electrons. The highest BCUT2D eigenvalue weighted by atomic mass is 35.5. The maximum Gasteiger partial charge on any atom is 0.289 e. The summed E-state index contributed by atoms with van der Waals surface area (Å²) < 4.78 is 7.17. The predicted octanol–water partition coefficient (Wildman–Crippen LogP) is 3.16. The number of benzene rings is 1. The molecule has 0 bridgehead atoms. The molecular weight excluding hydrogens is 354 g/mol. The summed E-state index contributed by atoms with van der Waals surface area (Å²) in [6, 6.07) is 12.9. The summed E-state index contributed by atoms with van der Waals surface area (Å²) >= 11 is 6.53. The van der Waals surface area contributed by atoms with E-state index in [2.05, 4.69) is 0 Å². The van der Waals surface area contributed by atoms with Crippen molar-refractivity contribution in [1.82, 2.24) is 9.47 Å². The molecule has 1 aliphatic heterocycles. The fourth-order valence-corrected chi connectivity index (χ4v) is 3.80. The quantitative estimate of drug-likeness (QED) is 0.769. The SMILES string of the molecule is NC(=O)c1c(Cl)c(-c2ccccc2)n2c1CN(C(=O)c1ccco1)CC2. The van der Waals surface area contributed by atoms with Crippen molar-refractivity contribution in [2.24, 2.45) is 5.73 Å². The predicted molar refractivity (Wildman–Crippen MR) is 96.8 cm³/mol. The van der Waals surface area contributed by atoms with Gasteiger partial charge in [-0.15, -0.1) is 0 Å². The zero-order valence-electron chi connectivity index (χ0n) is 13.8. The van der Waals surface area contributed by atoms with Crippen LogP contribution in [0.4, 0.5) is 0 Å². The van der Waals surface area contributed by atoms with Crippen molar-refractivity contribution in [3.8, 4) is 11.3 Å². The van der Waals surface area contributed by atoms with E-state index in [1.807, 2.05) is 34.9 Å². The number of hydrogen-bond acceptors (Lipinski definition) is 3. The number of furan rings is 1. The molecule has 0 aliphatic carbocycles. The average molecular weight is 370 g/mol. The van der Waals surface area contributed by atoms with Crippen LogP contribution in [0.1, 0.15) is 26.6 Å². The Bertz CT molecular complexity index is 977. The first kappa shape index (κ1) is 16.5. The van der Waals surface area contributed by atoms with Crippen molar-refractivity contribution in [2.45, 2.75) is 13.1 Å². The van der Waals surface area contributed by atoms with E-state index < -0.39 is 5.91 Å². The van der Waals surface area contributed by atoms with Gasteiger partial charge in [-0.2, -0.15) is 0 Å². The monoisotopic (exact) mass is 369 g/mol. The number of primary amides is 1. The number of amides is 2. The van der Waals surface area contributed by atoms with Gasteiger partial charge in [0.2, 0.25) is 0 Å². The maximum atomic E-state index is 12.6. The smallest absolute Gasteiger partial charge is 0.289 e. The molecule has 4 rings (SSSR count). The second kappa shape index (κ2) is 6.38. The summed E-state index contributed by atoms with van der Waals surface area (Å²) in [6.45, 7) is 1.24. The molecule has 0 radical (unpaired) electrons. The zero-order valence-corrected chi connectivity index (χ0v) is 14.6. The fraction of sp³-hybridized carbons (Fsp3) is 0.158. The third-order valence-corrected chi connectivity index (χ3v) is 4.93. The van der Waals surface area contributed by atoms with Crippen LogP contribution < -0.4 is 5.73 Å². The molecule has 7 heteroatoms. The highest BCUT2D eigenvalue weighted by Crippen LogP contribution is 2.37. The van der Waals surface area contributed by atoms with E-state index in [1.54, 1.807) is 17.0 Å². The maximum absolute atomic E-state index is 12.6. The number of rotatable bonds is 3. The van der Waals surface area contributed by atoms with Crippen molar-refractivity contribution in [3.05, 3.63) is 70.8 Å². The van der Waals surface area contributed by atoms with E-state index in [9.17, 15) is 9.59 Å². The lowest BCUT2D eigenvalue weighted by molar-refractivity contribution is 0.0676. The van der Waals surface area contributed by atoms with Gasteiger partial charge >= 0.3 is 0 Å². The third-order valence-electron chi connectivity index (χ3n) is 4.56. The lowest BCUT2D eigenvalue weighted by atomic mass is 10.1. The summed E-state index contributed by atoms with van der Waals surface area (Å²) in [5.41, 5.74) is 8.15. The van der Waals surface area contributed by atoms with E-state index in [-0.39, 0.29) is 23.8 Å². The Labute approximate surface area is 154 Å². The Morgan fingerprint density at radius 1 is 1.08 bits per heavy atom. The van der Waals surface area contributed by atoms with E-state index in [0.717, 1.165) is 11.3 Å². The van der Waals surface area contributed by atoms with E-state index in [4.69, 9.17) is 21.8 Å². The Kier molecular flexibility index (Phi) is 4.05. The van der Waals surface area contributed by atoms with Gasteiger partial charge in [-0.05, 0) is 17.7 Å². The largest absolute Gasteiger partial charge is 0.459 e. The van der Waals surface area contributed by atoms with Crippen LogP contribution in [0.15, 0.2) is 53.1 Å². The molecule has 1 aromatic carbocycles. The van der Waals surface area contributed by atoms with Crippen molar-refractivity contribution < 1.29 is 14.0 Å². The molecule has 0 fully saturated rings. The third kappa shape index (κ3) is 2.59. The first-order valence-corrected chi connectivity index (χ1v) is 8.54. The van der Waals surface area contributed by atoms with Crippen LogP contribution in [0.2, 0.25) is 5.02 Å². The van der Waals surface area contributed by atoms with Gasteiger partial charge in [-0.1, -0.05) is 41.9 Å². The Balaban J connectivity index is 1.79. The van der Waals surface area contributed by atoms with Gasteiger partial charge in [0.25, 0.3) is 11.8 Å². The molecule has 0 saturated carbocycles. The number of halogens is 1. The second-order valence-electron chi connectivity index (χ2n) is 6.07. The molecule has 3 heterocycles. The minimum atomic E-state index is -0.603. The first-order valence-electron chi connectivity index (χ1n) is 8.16. The number of aromatic nitrogens is 1. The van der Waals surface area contributed by atoms with Gasteiger partial charge in [-0.3, -0.25) is 9.59 Å². The van der Waals surface area contributed by atoms with E-state index in [0.29, 0.717) is 23.8 Å². The molecule has 3 aromatic rings. The molecule has 0 saturated heterocycles. The summed E-state index contributed by atoms with van der Waals surface area (Å²) in [4.78, 5) is 26.3. The molecule has 0 unspecified atom stereocenters. The van der Waals surface area contributed by atoms with Gasteiger partial charge in [0.1, 0.15) is 0 Å². The number of hydrogen-bond donors (Lipinski definition) is 1. The van der Waals surface area contributed by atoms with Crippen LogP contribution in [0.25, 0.3) is 11.3 Å². The molecular formula is C19H16ClN3O3. The normalized spacial score (nSPS) is 13.5. The van der Waals surface area contributed by atoms with Crippen molar-refractivity contribution in [1.29, 1.82) is 0 Å². The minimum absolute atomic E-state index is 0.227. The van der Waals surface area contributed by atoms with Gasteiger partial charge < -0.3 is 19.6 Å². The summed E-state index contributed by atoms with van der Waals surface area (Å²) in [5, 5.41) is 0.325. The lowest BCUT2D eigenvalue weighted by Gasteiger charge is -2.29. The standard InChI is InChI=1S/C19H16ClN3O3/c20-16-15(18(21)24)13-11-22(19(25)14-7-4-10-26-14)8-9-23(13)17(16)12-5-2-1-3-6-12/h1-7,10H,8-9,11H2,(H2,21,24). The Hall–Kier alpha value is -2.99. The summed E-state index contributed by atoms with van der Waals surface area (Å²) in [6.07, 6.45) is 1.46. The molecule has 26 heavy (non-hydrogen) atoms. The van der Waals surface area contributed by atoms with Crippen LogP contribution in [0, 0.1) is 0 Å². The number of carbonyl (C=O) groups is 2. The summed E-state index contributed by atoms with van der Waals surface area (Å²) in [7, 11) is 0. The van der Waals surface area contributed by atoms with Gasteiger partial charge in [-0.25, -0.2) is 0 Å². The Morgan fingerprint density at radius 2 is 1.85 bits per heavy atom. The highest BCUT2D eigenvalue weighted by Gasteiger charge is 2.32. The molecule has 2 aromatic heterocycles. The molecule has 2 N–H and O–H groups in total. The number of carbonyl (C=O) groups excluding carboxylic acids is 2. The number of nitrogens with zero attached hydrogens (tertiary/aromatic N) is 2. The molecule has 0 spiro atoms. The van der Waals surface area contributed by atoms with Gasteiger partial charge in [0, 0.05) is 13.1 Å². The Morgan fingerprint density at radius 3 is 2.50 bits per heavy atom. The number of fused-ring (bicyclic) bond motifs is 1. The topological polar surface area (TPSA) is 81.5 Å². The molecule has 0 atom stereocenters. The molecule has 1 aliphatic rings. The highest BCUT2D eigenvalue weighted by molar-refractivity contribution is 6.36. The average Bonchev–Trinajstić information content (AvgIpc) is 3.26. The van der Waals surface area contributed by atoms with Gasteiger partial charge in [0.15, 0.2) is 5.76 Å². The van der Waals surface area contributed by atoms with Crippen LogP contribution in [-0.2, 0) is 13.1 Å². The van der Waals surface area contributed by atoms with Crippen LogP contribution in [0.3, 0.4) is 0 Å². The van der Waals surface area contributed by atoms with Crippen molar-refractivity contribution in [3.63, 3.8) is 0 Å². The zero-order chi connectivity index (χ0) is 18.3.